The van der Waals surface area contributed by atoms with Crippen LogP contribution in [0, 0.1) is 6.20 Å². The molecule has 1 saturated heterocycles. The van der Waals surface area contributed by atoms with Gasteiger partial charge in [0.2, 0.25) is 0 Å². The molecule has 4 rings (SSSR count). The quantitative estimate of drug-likeness (QED) is 0.630. The molecule has 0 saturated carbocycles. The maximum absolute atomic E-state index is 5.96. The normalized spacial score (nSPS) is 15.2. The highest BCUT2D eigenvalue weighted by Gasteiger charge is 2.10. The van der Waals surface area contributed by atoms with Crippen molar-refractivity contribution in [3.8, 4) is 11.4 Å². The van der Waals surface area contributed by atoms with Crippen LogP contribution in [0.3, 0.4) is 0 Å². The van der Waals surface area contributed by atoms with E-state index in [4.69, 9.17) is 4.74 Å². The summed E-state index contributed by atoms with van der Waals surface area (Å²) in [6, 6.07) is 18.7. The second kappa shape index (κ2) is 7.10. The van der Waals surface area contributed by atoms with E-state index in [2.05, 4.69) is 52.1 Å². The van der Waals surface area contributed by atoms with Crippen LogP contribution in [0.5, 0.6) is 5.75 Å². The van der Waals surface area contributed by atoms with Crippen molar-refractivity contribution < 1.29 is 4.74 Å². The summed E-state index contributed by atoms with van der Waals surface area (Å²) in [7, 11) is 0. The highest BCUT2D eigenvalue weighted by Crippen LogP contribution is 2.23. The second-order valence-corrected chi connectivity index (χ2v) is 6.42. The Balaban J connectivity index is 1.41. The molecule has 24 heavy (non-hydrogen) atoms. The Morgan fingerprint density at radius 3 is 2.79 bits per heavy atom. The first-order chi connectivity index (χ1) is 11.9. The zero-order valence-corrected chi connectivity index (χ0v) is 13.9. The number of nitrogens with zero attached hydrogens (tertiary/aromatic N) is 2. The van der Waals surface area contributed by atoms with Gasteiger partial charge in [-0.25, -0.2) is 0 Å². The number of hydrogen-bond donors (Lipinski definition) is 0. The number of likely N-dealkylation sites (tertiary alicyclic amines) is 1. The molecule has 0 unspecified atom stereocenters. The Hall–Kier alpha value is -2.26. The summed E-state index contributed by atoms with van der Waals surface area (Å²) in [6.45, 7) is 4.43. The Bertz CT molecular complexity index is 802. The number of hydrogen-bond acceptors (Lipinski definition) is 2. The van der Waals surface area contributed by atoms with Crippen LogP contribution in [0.25, 0.3) is 16.6 Å². The molecule has 3 nitrogen and oxygen atoms in total. The summed E-state index contributed by atoms with van der Waals surface area (Å²) in [5, 5.41) is 1.20. The molecule has 1 radical (unpaired) electrons. The monoisotopic (exact) mass is 319 g/mol. The maximum Gasteiger partial charge on any atom is 0.121 e. The molecule has 123 valence electrons. The van der Waals surface area contributed by atoms with Gasteiger partial charge in [0.1, 0.15) is 5.75 Å². The molecule has 0 bridgehead atoms. The lowest BCUT2D eigenvalue weighted by Crippen LogP contribution is -2.21. The lowest BCUT2D eigenvalue weighted by molar-refractivity contribution is 0.263. The third-order valence-corrected chi connectivity index (χ3v) is 4.69. The molecule has 0 atom stereocenters. The van der Waals surface area contributed by atoms with Gasteiger partial charge in [-0.1, -0.05) is 24.3 Å². The van der Waals surface area contributed by atoms with Gasteiger partial charge in [0.15, 0.2) is 0 Å². The van der Waals surface area contributed by atoms with Crippen molar-refractivity contribution in [2.75, 3.05) is 26.2 Å². The van der Waals surface area contributed by atoms with Crippen molar-refractivity contribution >= 4 is 10.9 Å². The minimum absolute atomic E-state index is 0.774. The van der Waals surface area contributed by atoms with Crippen LogP contribution in [0.1, 0.15) is 19.3 Å². The van der Waals surface area contributed by atoms with Crippen molar-refractivity contribution in [2.24, 2.45) is 0 Å². The first kappa shape index (κ1) is 15.3. The molecule has 0 aliphatic carbocycles. The number of fused-ring (bicyclic) bond motifs is 1. The van der Waals surface area contributed by atoms with Crippen molar-refractivity contribution in [3.05, 3.63) is 60.8 Å². The molecular formula is C21H23N2O. The van der Waals surface area contributed by atoms with Gasteiger partial charge < -0.3 is 14.2 Å². The average molecular weight is 319 g/mol. The number of ether oxygens (including phenoxy) is 1. The van der Waals surface area contributed by atoms with E-state index in [1.165, 1.54) is 36.8 Å². The van der Waals surface area contributed by atoms with Crippen LogP contribution in [0.15, 0.2) is 54.6 Å². The van der Waals surface area contributed by atoms with Gasteiger partial charge in [-0.05, 0) is 56.6 Å². The summed E-state index contributed by atoms with van der Waals surface area (Å²) in [6.07, 6.45) is 7.10. The van der Waals surface area contributed by atoms with Gasteiger partial charge in [0.25, 0.3) is 0 Å². The lowest BCUT2D eigenvalue weighted by atomic mass is 10.2. The summed E-state index contributed by atoms with van der Waals surface area (Å²) in [5.74, 6) is 0.931. The van der Waals surface area contributed by atoms with E-state index in [1.807, 2.05) is 18.2 Å². The molecule has 1 aromatic heterocycles. The molecule has 1 fully saturated rings. The SMILES string of the molecule is [c]1cc2ccccc2n1-c1cccc(OCCCN2CCCC2)c1. The fourth-order valence-electron chi connectivity index (χ4n) is 3.43. The third kappa shape index (κ3) is 3.31. The molecule has 3 heteroatoms. The van der Waals surface area contributed by atoms with Crippen LogP contribution in [0.4, 0.5) is 0 Å². The molecule has 0 spiro atoms. The van der Waals surface area contributed by atoms with Gasteiger partial charge in [0, 0.05) is 23.7 Å². The standard InChI is InChI=1S/C21H23N2O/c1-2-10-21-18(7-1)11-15-23(21)19-8-5-9-20(17-19)24-16-6-14-22-12-3-4-13-22/h1-2,5,7-11,17H,3-4,6,12-14,16H2. The van der Waals surface area contributed by atoms with Crippen LogP contribution in [-0.4, -0.2) is 35.7 Å². The van der Waals surface area contributed by atoms with Gasteiger partial charge in [-0.2, -0.15) is 0 Å². The predicted molar refractivity (Wildman–Crippen MR) is 97.9 cm³/mol. The largest absolute Gasteiger partial charge is 0.493 e. The van der Waals surface area contributed by atoms with Gasteiger partial charge in [-0.15, -0.1) is 0 Å². The zero-order valence-electron chi connectivity index (χ0n) is 13.9. The minimum atomic E-state index is 0.774. The molecule has 1 aliphatic heterocycles. The number of aromatic nitrogens is 1. The lowest BCUT2D eigenvalue weighted by Gasteiger charge is -2.14. The summed E-state index contributed by atoms with van der Waals surface area (Å²) in [5.41, 5.74) is 2.26. The first-order valence-electron chi connectivity index (χ1n) is 8.84. The van der Waals surface area contributed by atoms with E-state index in [0.717, 1.165) is 31.0 Å². The molecule has 3 aromatic rings. The Morgan fingerprint density at radius 1 is 1.00 bits per heavy atom. The maximum atomic E-state index is 5.96. The molecule has 2 heterocycles. The predicted octanol–water partition coefficient (Wildman–Crippen LogP) is 4.30. The average Bonchev–Trinajstić information content (AvgIpc) is 3.28. The van der Waals surface area contributed by atoms with E-state index in [1.54, 1.807) is 0 Å². The molecule has 1 aliphatic rings. The molecule has 2 aromatic carbocycles. The van der Waals surface area contributed by atoms with Crippen molar-refractivity contribution in [1.82, 2.24) is 9.47 Å². The minimum Gasteiger partial charge on any atom is -0.493 e. The highest BCUT2D eigenvalue weighted by molar-refractivity contribution is 5.81. The van der Waals surface area contributed by atoms with Crippen molar-refractivity contribution in [2.45, 2.75) is 19.3 Å². The van der Waals surface area contributed by atoms with Crippen molar-refractivity contribution in [3.63, 3.8) is 0 Å². The zero-order chi connectivity index (χ0) is 16.2. The summed E-state index contributed by atoms with van der Waals surface area (Å²) < 4.78 is 8.05. The molecule has 0 N–H and O–H groups in total. The van der Waals surface area contributed by atoms with E-state index in [9.17, 15) is 0 Å². The first-order valence-corrected chi connectivity index (χ1v) is 8.84. The topological polar surface area (TPSA) is 17.4 Å². The highest BCUT2D eigenvalue weighted by atomic mass is 16.5. The fraction of sp³-hybridized carbons (Fsp3) is 0.333. The summed E-state index contributed by atoms with van der Waals surface area (Å²) in [4.78, 5) is 2.53. The van der Waals surface area contributed by atoms with Gasteiger partial charge >= 0.3 is 0 Å². The third-order valence-electron chi connectivity index (χ3n) is 4.69. The van der Waals surface area contributed by atoms with E-state index in [-0.39, 0.29) is 0 Å². The van der Waals surface area contributed by atoms with Crippen molar-refractivity contribution in [1.29, 1.82) is 0 Å². The van der Waals surface area contributed by atoms with Crippen LogP contribution >= 0.6 is 0 Å². The Labute approximate surface area is 143 Å². The van der Waals surface area contributed by atoms with E-state index < -0.39 is 0 Å². The Morgan fingerprint density at radius 2 is 1.88 bits per heavy atom. The summed E-state index contributed by atoms with van der Waals surface area (Å²) >= 11 is 0. The fourth-order valence-corrected chi connectivity index (χ4v) is 3.43. The number of rotatable bonds is 6. The van der Waals surface area contributed by atoms with E-state index >= 15 is 0 Å². The molecule has 0 amide bonds. The van der Waals surface area contributed by atoms with Crippen LogP contribution in [-0.2, 0) is 0 Å². The van der Waals surface area contributed by atoms with E-state index in [0.29, 0.717) is 0 Å². The Kier molecular flexibility index (Phi) is 4.52. The number of para-hydroxylation sites is 1. The van der Waals surface area contributed by atoms with Crippen LogP contribution < -0.4 is 4.74 Å². The molecular weight excluding hydrogens is 296 g/mol. The smallest absolute Gasteiger partial charge is 0.121 e. The number of benzene rings is 2. The van der Waals surface area contributed by atoms with Crippen LogP contribution in [0.2, 0.25) is 0 Å². The van der Waals surface area contributed by atoms with Gasteiger partial charge in [0.05, 0.1) is 18.3 Å². The second-order valence-electron chi connectivity index (χ2n) is 6.42. The van der Waals surface area contributed by atoms with Gasteiger partial charge in [-0.3, -0.25) is 0 Å².